The van der Waals surface area contributed by atoms with Gasteiger partial charge in [-0.3, -0.25) is 24.2 Å². The number of carbonyl (C=O) groups is 3. The number of Topliss-reactive ketones (excluding diaryl/α,β-unsaturated/α-hetero) is 1. The Morgan fingerprint density at radius 1 is 0.833 bits per heavy atom. The summed E-state index contributed by atoms with van der Waals surface area (Å²) < 4.78 is 5.92. The second-order valence-corrected chi connectivity index (χ2v) is 16.7. The molecule has 0 radical (unpaired) electrons. The van der Waals surface area contributed by atoms with Crippen molar-refractivity contribution in [3.8, 4) is 11.3 Å². The molecule has 2 unspecified atom stereocenters. The van der Waals surface area contributed by atoms with Gasteiger partial charge in [-0.1, -0.05) is 17.2 Å². The number of piperazine rings is 1. The Morgan fingerprint density at radius 2 is 1.42 bits per heavy atom. The van der Waals surface area contributed by atoms with Crippen LogP contribution in [0.5, 0.6) is 0 Å². The third kappa shape index (κ3) is 5.82. The quantitative estimate of drug-likeness (QED) is 0.334. The Morgan fingerprint density at radius 3 is 2.02 bits per heavy atom. The monoisotopic (exact) mass is 671 g/mol. The molecule has 2 amide bonds. The minimum atomic E-state index is -0.662. The number of likely N-dealkylation sites (tertiary alicyclic amines) is 1. The van der Waals surface area contributed by atoms with Crippen molar-refractivity contribution in [3.05, 3.63) is 45.8 Å². The highest BCUT2D eigenvalue weighted by Crippen LogP contribution is 2.44. The maximum atomic E-state index is 14.4. The highest BCUT2D eigenvalue weighted by atomic mass is 32.1. The lowest BCUT2D eigenvalue weighted by molar-refractivity contribution is -0.141. The maximum Gasteiger partial charge on any atom is 0.236 e. The summed E-state index contributed by atoms with van der Waals surface area (Å²) in [6, 6.07) is 9.33. The largest absolute Gasteiger partial charge is 0.371 e. The second-order valence-electron chi connectivity index (χ2n) is 15.6. The van der Waals surface area contributed by atoms with E-state index in [-0.39, 0.29) is 29.8 Å². The van der Waals surface area contributed by atoms with Gasteiger partial charge >= 0.3 is 0 Å². The number of aromatic nitrogens is 1. The van der Waals surface area contributed by atoms with Crippen LogP contribution in [0.2, 0.25) is 0 Å². The van der Waals surface area contributed by atoms with Crippen molar-refractivity contribution < 1.29 is 19.1 Å². The number of aromatic amines is 1. The average Bonchev–Trinajstić information content (AvgIpc) is 3.88. The zero-order valence-corrected chi connectivity index (χ0v) is 29.7. The molecule has 3 aromatic rings. The number of thiophene rings is 1. The summed E-state index contributed by atoms with van der Waals surface area (Å²) in [6.07, 6.45) is 7.00. The lowest BCUT2D eigenvalue weighted by Gasteiger charge is -2.37. The summed E-state index contributed by atoms with van der Waals surface area (Å²) in [5.74, 6) is 0.505. The number of nitrogens with zero attached hydrogens (tertiary/aromatic N) is 4. The van der Waals surface area contributed by atoms with E-state index in [9.17, 15) is 14.4 Å². The fraction of sp³-hybridized carbons (Fsp3) is 0.605. The number of nitrogens with one attached hydrogen (secondary N) is 1. The van der Waals surface area contributed by atoms with E-state index in [1.54, 1.807) is 11.3 Å². The van der Waals surface area contributed by atoms with Crippen LogP contribution >= 0.6 is 11.3 Å². The first-order valence-electron chi connectivity index (χ1n) is 18.0. The van der Waals surface area contributed by atoms with Crippen molar-refractivity contribution in [2.24, 2.45) is 0 Å². The number of hydrogen-bond acceptors (Lipinski definition) is 7. The molecule has 1 N–H and O–H groups in total. The molecule has 5 aliphatic heterocycles. The van der Waals surface area contributed by atoms with Crippen LogP contribution in [0.15, 0.2) is 24.3 Å². The predicted molar refractivity (Wildman–Crippen MR) is 189 cm³/mol. The van der Waals surface area contributed by atoms with Gasteiger partial charge in [0, 0.05) is 61.6 Å². The number of hydrogen-bond donors (Lipinski definition) is 1. The summed E-state index contributed by atoms with van der Waals surface area (Å²) in [7, 11) is 0. The number of benzene rings is 1. The summed E-state index contributed by atoms with van der Waals surface area (Å²) in [5, 5.41) is 0.920. The van der Waals surface area contributed by atoms with Crippen LogP contribution in [0.25, 0.3) is 21.5 Å². The molecule has 5 fully saturated rings. The number of rotatable bonds is 8. The normalized spacial score (nSPS) is 26.2. The molecule has 0 saturated carbocycles. The van der Waals surface area contributed by atoms with Gasteiger partial charge in [0.25, 0.3) is 0 Å². The van der Waals surface area contributed by atoms with Crippen LogP contribution < -0.4 is 0 Å². The van der Waals surface area contributed by atoms with Crippen LogP contribution in [0.1, 0.15) is 78.7 Å². The first-order valence-corrected chi connectivity index (χ1v) is 18.8. The fourth-order valence-electron chi connectivity index (χ4n) is 9.08. The lowest BCUT2D eigenvalue weighted by atomic mass is 9.88. The number of carbonyl (C=O) groups excluding carboxylic acids is 3. The van der Waals surface area contributed by atoms with E-state index in [1.807, 2.05) is 4.90 Å². The topological polar surface area (TPSA) is 89.2 Å². The standard InChI is InChI=1S/C38H49N5O4S/c1-23-15-24(2)17-25(16-23)35-34(30-18-32(48-36(30)39-35)38(3,4)37(46)43-26-5-6-27(43)8-7-26)31(44)21-40-11-13-41(14-12-40)22-33(45)42-19-28-9-10-29(20-42)47-28/h15-18,26-29,39H,5-14,19-22H2,1-4H3. The van der Waals surface area contributed by atoms with Crippen molar-refractivity contribution in [2.75, 3.05) is 52.4 Å². The summed E-state index contributed by atoms with van der Waals surface area (Å²) in [5.41, 5.74) is 4.26. The number of aryl methyl sites for hydroxylation is 2. The minimum absolute atomic E-state index is 0.0924. The van der Waals surface area contributed by atoms with Crippen molar-refractivity contribution in [1.29, 1.82) is 0 Å². The van der Waals surface area contributed by atoms with Crippen LogP contribution in [-0.4, -0.2) is 119 Å². The minimum Gasteiger partial charge on any atom is -0.371 e. The maximum absolute atomic E-state index is 14.4. The molecule has 7 heterocycles. The molecule has 9 nitrogen and oxygen atoms in total. The molecule has 2 aromatic heterocycles. The number of fused-ring (bicyclic) bond motifs is 5. The average molecular weight is 672 g/mol. The number of amides is 2. The number of morpholine rings is 1. The third-order valence-corrected chi connectivity index (χ3v) is 13.1. The Bertz CT molecular complexity index is 1700. The molecule has 0 aliphatic carbocycles. The van der Waals surface area contributed by atoms with E-state index < -0.39 is 5.41 Å². The number of ketones is 1. The SMILES string of the molecule is Cc1cc(C)cc(-c2[nH]c3sc(C(C)(C)C(=O)N4C5CCC4CC5)cc3c2C(=O)CN2CCN(CC(=O)N3CC4CCC(C3)O4)CC2)c1. The molecular weight excluding hydrogens is 623 g/mol. The third-order valence-electron chi connectivity index (χ3n) is 11.7. The second kappa shape index (κ2) is 12.4. The Labute approximate surface area is 287 Å². The Kier molecular flexibility index (Phi) is 8.29. The van der Waals surface area contributed by atoms with Gasteiger partial charge in [0.1, 0.15) is 4.83 Å². The first-order chi connectivity index (χ1) is 23.0. The lowest BCUT2D eigenvalue weighted by Crippen LogP contribution is -2.53. The van der Waals surface area contributed by atoms with Gasteiger partial charge < -0.3 is 19.5 Å². The molecule has 5 saturated heterocycles. The summed E-state index contributed by atoms with van der Waals surface area (Å²) in [4.78, 5) is 55.7. The molecule has 5 aliphatic rings. The molecule has 0 spiro atoms. The van der Waals surface area contributed by atoms with E-state index in [0.717, 1.165) is 108 Å². The zero-order chi connectivity index (χ0) is 33.3. The predicted octanol–water partition coefficient (Wildman–Crippen LogP) is 5.13. The molecule has 256 valence electrons. The van der Waals surface area contributed by atoms with Gasteiger partial charge in [-0.25, -0.2) is 0 Å². The summed E-state index contributed by atoms with van der Waals surface area (Å²) in [6.45, 7) is 13.5. The molecule has 8 rings (SSSR count). The molecular formula is C38H49N5O4S. The van der Waals surface area contributed by atoms with Crippen LogP contribution in [-0.2, 0) is 19.7 Å². The Hall–Kier alpha value is -3.05. The highest BCUT2D eigenvalue weighted by molar-refractivity contribution is 7.19. The van der Waals surface area contributed by atoms with Gasteiger partial charge in [-0.05, 0) is 90.0 Å². The van der Waals surface area contributed by atoms with Gasteiger partial charge in [-0.15, -0.1) is 11.3 Å². The molecule has 2 atom stereocenters. The number of H-pyrrole nitrogens is 1. The van der Waals surface area contributed by atoms with E-state index in [1.165, 1.54) is 0 Å². The van der Waals surface area contributed by atoms with E-state index in [0.29, 0.717) is 38.3 Å². The zero-order valence-electron chi connectivity index (χ0n) is 28.8. The Balaban J connectivity index is 1.01. The first kappa shape index (κ1) is 32.2. The van der Waals surface area contributed by atoms with Gasteiger partial charge in [0.2, 0.25) is 11.8 Å². The van der Waals surface area contributed by atoms with E-state index in [2.05, 4.69) is 71.6 Å². The van der Waals surface area contributed by atoms with Gasteiger partial charge in [0.05, 0.1) is 42.0 Å². The van der Waals surface area contributed by atoms with Crippen molar-refractivity contribution in [2.45, 2.75) is 95.9 Å². The van der Waals surface area contributed by atoms with Crippen molar-refractivity contribution in [3.63, 3.8) is 0 Å². The summed E-state index contributed by atoms with van der Waals surface area (Å²) >= 11 is 1.62. The molecule has 10 heteroatoms. The van der Waals surface area contributed by atoms with Crippen LogP contribution in [0.3, 0.4) is 0 Å². The van der Waals surface area contributed by atoms with E-state index in [4.69, 9.17) is 4.74 Å². The van der Waals surface area contributed by atoms with Gasteiger partial charge in [0.15, 0.2) is 5.78 Å². The fourth-order valence-corrected chi connectivity index (χ4v) is 10.2. The van der Waals surface area contributed by atoms with Crippen LogP contribution in [0.4, 0.5) is 0 Å². The smallest absolute Gasteiger partial charge is 0.236 e. The van der Waals surface area contributed by atoms with Crippen molar-refractivity contribution in [1.82, 2.24) is 24.6 Å². The van der Waals surface area contributed by atoms with Crippen LogP contribution in [0, 0.1) is 13.8 Å². The highest BCUT2D eigenvalue weighted by Gasteiger charge is 2.47. The van der Waals surface area contributed by atoms with Gasteiger partial charge in [-0.2, -0.15) is 0 Å². The van der Waals surface area contributed by atoms with E-state index >= 15 is 0 Å². The molecule has 4 bridgehead atoms. The number of ether oxygens (including phenoxy) is 1. The molecule has 1 aromatic carbocycles. The molecule has 48 heavy (non-hydrogen) atoms. The van der Waals surface area contributed by atoms with Crippen molar-refractivity contribution >= 4 is 39.2 Å².